The van der Waals surface area contributed by atoms with Gasteiger partial charge in [0.1, 0.15) is 12.2 Å². The lowest BCUT2D eigenvalue weighted by molar-refractivity contribution is -0.145. The van der Waals surface area contributed by atoms with Gasteiger partial charge in [0, 0.05) is 20.3 Å². The number of rotatable bonds is 3. The SMILES string of the molecule is C=C1CC/C=C(\C)C[C@H](OC(C)=O)/C(C(C)C)=C\C=C(/C)CC[C@H]1OC(C)=O. The highest BCUT2D eigenvalue weighted by Crippen LogP contribution is 2.26. The predicted molar refractivity (Wildman–Crippen MR) is 114 cm³/mol. The van der Waals surface area contributed by atoms with Gasteiger partial charge < -0.3 is 9.47 Å². The molecule has 0 fully saturated rings. The Balaban J connectivity index is 3.22. The van der Waals surface area contributed by atoms with Crippen LogP contribution in [0.5, 0.6) is 0 Å². The lowest BCUT2D eigenvalue weighted by atomic mass is 9.91. The first kappa shape index (κ1) is 23.9. The molecule has 2 atom stereocenters. The van der Waals surface area contributed by atoms with E-state index in [2.05, 4.69) is 52.5 Å². The van der Waals surface area contributed by atoms with E-state index in [9.17, 15) is 9.59 Å². The molecule has 0 unspecified atom stereocenters. The van der Waals surface area contributed by atoms with Crippen molar-refractivity contribution >= 4 is 11.9 Å². The fourth-order valence-corrected chi connectivity index (χ4v) is 3.37. The molecule has 1 rings (SSSR count). The highest BCUT2D eigenvalue weighted by Gasteiger charge is 2.21. The molecular weight excluding hydrogens is 352 g/mol. The molecule has 1 aliphatic rings. The molecule has 0 amide bonds. The Kier molecular flexibility index (Phi) is 9.98. The zero-order valence-corrected chi connectivity index (χ0v) is 18.3. The average molecular weight is 389 g/mol. The van der Waals surface area contributed by atoms with E-state index < -0.39 is 0 Å². The van der Waals surface area contributed by atoms with Crippen LogP contribution in [0.1, 0.15) is 73.6 Å². The molecule has 0 saturated heterocycles. The van der Waals surface area contributed by atoms with Gasteiger partial charge in [-0.3, -0.25) is 9.59 Å². The Labute approximate surface area is 170 Å². The van der Waals surface area contributed by atoms with Crippen molar-refractivity contribution < 1.29 is 19.1 Å². The molecule has 28 heavy (non-hydrogen) atoms. The smallest absolute Gasteiger partial charge is 0.303 e. The van der Waals surface area contributed by atoms with Crippen molar-refractivity contribution in [3.8, 4) is 0 Å². The second-order valence-electron chi connectivity index (χ2n) is 8.02. The van der Waals surface area contributed by atoms with E-state index in [1.807, 2.05) is 0 Å². The van der Waals surface area contributed by atoms with Gasteiger partial charge in [0.15, 0.2) is 0 Å². The van der Waals surface area contributed by atoms with Gasteiger partial charge in [-0.15, -0.1) is 0 Å². The molecule has 0 heterocycles. The topological polar surface area (TPSA) is 52.6 Å². The summed E-state index contributed by atoms with van der Waals surface area (Å²) < 4.78 is 11.2. The van der Waals surface area contributed by atoms with E-state index in [1.165, 1.54) is 25.0 Å². The van der Waals surface area contributed by atoms with Gasteiger partial charge in [-0.2, -0.15) is 0 Å². The molecule has 4 nitrogen and oxygen atoms in total. The molecule has 0 aromatic carbocycles. The molecule has 0 N–H and O–H groups in total. The second-order valence-corrected chi connectivity index (χ2v) is 8.02. The molecule has 0 aromatic rings. The van der Waals surface area contributed by atoms with Crippen LogP contribution in [-0.4, -0.2) is 24.1 Å². The number of hydrogen-bond donors (Lipinski definition) is 0. The first-order valence-electron chi connectivity index (χ1n) is 10.1. The standard InChI is InChI=1S/C24H36O4/c1-16(2)22-13-11-17(3)12-14-23(27-20(6)25)19(5)10-8-9-18(4)15-24(22)28-21(7)26/h9,11,13,16,23-24H,5,8,10,12,14-15H2,1-4,6-7H3/b17-11+,18-9+,22-13-/t23-,24+/m1/s1. The van der Waals surface area contributed by atoms with E-state index in [0.29, 0.717) is 6.42 Å². The van der Waals surface area contributed by atoms with Crippen molar-refractivity contribution in [3.05, 3.63) is 47.1 Å². The molecule has 0 aliphatic heterocycles. The number of carbonyl (C=O) groups excluding carboxylic acids is 2. The zero-order valence-electron chi connectivity index (χ0n) is 18.3. The van der Waals surface area contributed by atoms with Crippen molar-refractivity contribution in [1.29, 1.82) is 0 Å². The van der Waals surface area contributed by atoms with Gasteiger partial charge in [0.05, 0.1) is 0 Å². The van der Waals surface area contributed by atoms with Gasteiger partial charge in [-0.1, -0.05) is 49.8 Å². The number of esters is 2. The maximum Gasteiger partial charge on any atom is 0.303 e. The average Bonchev–Trinajstić information content (AvgIpc) is 2.56. The first-order valence-corrected chi connectivity index (χ1v) is 10.1. The number of allylic oxidation sites excluding steroid dienone is 4. The van der Waals surface area contributed by atoms with Crippen LogP contribution < -0.4 is 0 Å². The third-order valence-electron chi connectivity index (χ3n) is 4.94. The van der Waals surface area contributed by atoms with Crippen molar-refractivity contribution in [2.75, 3.05) is 0 Å². The largest absolute Gasteiger partial charge is 0.458 e. The highest BCUT2D eigenvalue weighted by atomic mass is 16.5. The maximum atomic E-state index is 11.7. The van der Waals surface area contributed by atoms with Crippen LogP contribution in [-0.2, 0) is 19.1 Å². The van der Waals surface area contributed by atoms with Crippen LogP contribution in [0.25, 0.3) is 0 Å². The lowest BCUT2D eigenvalue weighted by Crippen LogP contribution is -2.22. The summed E-state index contributed by atoms with van der Waals surface area (Å²) in [7, 11) is 0. The molecule has 0 radical (unpaired) electrons. The quantitative estimate of drug-likeness (QED) is 0.450. The molecule has 0 bridgehead atoms. The summed E-state index contributed by atoms with van der Waals surface area (Å²) in [6, 6.07) is 0. The predicted octanol–water partition coefficient (Wildman–Crippen LogP) is 5.85. The van der Waals surface area contributed by atoms with Gasteiger partial charge in [-0.25, -0.2) is 0 Å². The number of carbonyl (C=O) groups is 2. The Morgan fingerprint density at radius 2 is 1.61 bits per heavy atom. The summed E-state index contributed by atoms with van der Waals surface area (Å²) in [6.07, 6.45) is 9.64. The van der Waals surface area contributed by atoms with Crippen LogP contribution in [0.3, 0.4) is 0 Å². The molecule has 0 spiro atoms. The van der Waals surface area contributed by atoms with E-state index in [4.69, 9.17) is 9.47 Å². The Bertz CT molecular complexity index is 664. The van der Waals surface area contributed by atoms with E-state index >= 15 is 0 Å². The lowest BCUT2D eigenvalue weighted by Gasteiger charge is -2.24. The Hall–Kier alpha value is -2.10. The van der Waals surface area contributed by atoms with E-state index in [-0.39, 0.29) is 30.1 Å². The fraction of sp³-hybridized carbons (Fsp3) is 0.583. The summed E-state index contributed by atoms with van der Waals surface area (Å²) in [4.78, 5) is 23.1. The minimum atomic E-state index is -0.271. The summed E-state index contributed by atoms with van der Waals surface area (Å²) in [6.45, 7) is 15.4. The Morgan fingerprint density at radius 1 is 1.00 bits per heavy atom. The van der Waals surface area contributed by atoms with Crippen molar-refractivity contribution in [1.82, 2.24) is 0 Å². The van der Waals surface area contributed by atoms with E-state index in [0.717, 1.165) is 36.8 Å². The van der Waals surface area contributed by atoms with Crippen LogP contribution in [0.4, 0.5) is 0 Å². The normalized spacial score (nSPS) is 28.1. The van der Waals surface area contributed by atoms with Crippen LogP contribution in [0.2, 0.25) is 0 Å². The maximum absolute atomic E-state index is 11.7. The third-order valence-corrected chi connectivity index (χ3v) is 4.94. The van der Waals surface area contributed by atoms with Gasteiger partial charge in [0.25, 0.3) is 0 Å². The van der Waals surface area contributed by atoms with E-state index in [1.54, 1.807) is 0 Å². The van der Waals surface area contributed by atoms with Crippen molar-refractivity contribution in [3.63, 3.8) is 0 Å². The molecular formula is C24H36O4. The highest BCUT2D eigenvalue weighted by molar-refractivity contribution is 5.67. The summed E-state index contributed by atoms with van der Waals surface area (Å²) in [5, 5.41) is 0. The molecule has 0 aromatic heterocycles. The first-order chi connectivity index (χ1) is 13.1. The molecule has 1 aliphatic carbocycles. The minimum absolute atomic E-state index is 0.250. The van der Waals surface area contributed by atoms with Crippen molar-refractivity contribution in [2.24, 2.45) is 5.92 Å². The fourth-order valence-electron chi connectivity index (χ4n) is 3.37. The third kappa shape index (κ3) is 8.73. The van der Waals surface area contributed by atoms with Gasteiger partial charge in [-0.05, 0) is 56.6 Å². The number of hydrogen-bond acceptors (Lipinski definition) is 4. The zero-order chi connectivity index (χ0) is 21.3. The van der Waals surface area contributed by atoms with Crippen LogP contribution in [0, 0.1) is 5.92 Å². The molecule has 156 valence electrons. The van der Waals surface area contributed by atoms with Gasteiger partial charge >= 0.3 is 11.9 Å². The summed E-state index contributed by atoms with van der Waals surface area (Å²) in [5.74, 6) is -0.265. The summed E-state index contributed by atoms with van der Waals surface area (Å²) in [5.41, 5.74) is 4.42. The molecule has 0 saturated carbocycles. The van der Waals surface area contributed by atoms with Crippen molar-refractivity contribution in [2.45, 2.75) is 85.9 Å². The molecule has 4 heteroatoms. The second kappa shape index (κ2) is 11.7. The number of ether oxygens (including phenoxy) is 2. The van der Waals surface area contributed by atoms with Gasteiger partial charge in [0.2, 0.25) is 0 Å². The minimum Gasteiger partial charge on any atom is -0.458 e. The van der Waals surface area contributed by atoms with Crippen LogP contribution >= 0.6 is 0 Å². The summed E-state index contributed by atoms with van der Waals surface area (Å²) >= 11 is 0. The Morgan fingerprint density at radius 3 is 2.18 bits per heavy atom. The monoisotopic (exact) mass is 388 g/mol. The van der Waals surface area contributed by atoms with Crippen LogP contribution in [0.15, 0.2) is 47.1 Å².